The van der Waals surface area contributed by atoms with E-state index in [0.29, 0.717) is 35.7 Å². The first-order valence-electron chi connectivity index (χ1n) is 9.99. The number of aromatic nitrogens is 1. The van der Waals surface area contributed by atoms with Gasteiger partial charge in [-0.25, -0.2) is 9.78 Å². The number of ether oxygens (including phenoxy) is 2. The number of hydrogen-bond acceptors (Lipinski definition) is 7. The number of fused-ring (bicyclic) bond motifs is 1. The molecule has 0 aromatic carbocycles. The van der Waals surface area contributed by atoms with Crippen LogP contribution in [0.3, 0.4) is 0 Å². The third-order valence-corrected chi connectivity index (χ3v) is 6.50. The molecular formula is C19H32IN5O3S. The summed E-state index contributed by atoms with van der Waals surface area (Å²) in [6.45, 7) is 9.68. The molecule has 2 aliphatic rings. The Bertz CT molecular complexity index is 714. The molecule has 164 valence electrons. The van der Waals surface area contributed by atoms with Gasteiger partial charge in [-0.1, -0.05) is 0 Å². The van der Waals surface area contributed by atoms with Crippen molar-refractivity contribution in [3.8, 4) is 0 Å². The zero-order valence-corrected chi connectivity index (χ0v) is 20.7. The number of aryl methyl sites for hydroxylation is 1. The van der Waals surface area contributed by atoms with Gasteiger partial charge in [-0.3, -0.25) is 9.89 Å². The first-order valence-corrected chi connectivity index (χ1v) is 10.8. The van der Waals surface area contributed by atoms with E-state index >= 15 is 0 Å². The Hall–Kier alpha value is -0.980. The quantitative estimate of drug-likeness (QED) is 0.249. The summed E-state index contributed by atoms with van der Waals surface area (Å²) in [6.07, 6.45) is 2.69. The van der Waals surface area contributed by atoms with Crippen LogP contribution in [-0.4, -0.2) is 73.9 Å². The zero-order valence-electron chi connectivity index (χ0n) is 17.6. The van der Waals surface area contributed by atoms with E-state index in [1.54, 1.807) is 14.0 Å². The summed E-state index contributed by atoms with van der Waals surface area (Å²) in [5, 5.41) is 7.53. The van der Waals surface area contributed by atoms with Crippen molar-refractivity contribution < 1.29 is 14.3 Å². The van der Waals surface area contributed by atoms with Crippen molar-refractivity contribution in [3.63, 3.8) is 0 Å². The molecule has 3 atom stereocenters. The smallest absolute Gasteiger partial charge is 0.350 e. The van der Waals surface area contributed by atoms with Crippen molar-refractivity contribution in [3.05, 3.63) is 15.6 Å². The molecule has 2 saturated heterocycles. The van der Waals surface area contributed by atoms with Gasteiger partial charge in [0.05, 0.1) is 31.1 Å². The van der Waals surface area contributed by atoms with Crippen LogP contribution >= 0.6 is 35.3 Å². The van der Waals surface area contributed by atoms with Crippen LogP contribution in [0.5, 0.6) is 0 Å². The lowest BCUT2D eigenvalue weighted by atomic mass is 10.2. The fourth-order valence-electron chi connectivity index (χ4n) is 3.67. The Morgan fingerprint density at radius 1 is 1.52 bits per heavy atom. The van der Waals surface area contributed by atoms with E-state index in [0.717, 1.165) is 18.2 Å². The number of halogens is 1. The van der Waals surface area contributed by atoms with Gasteiger partial charge in [0, 0.05) is 26.2 Å². The summed E-state index contributed by atoms with van der Waals surface area (Å²) < 4.78 is 11.1. The molecular weight excluding hydrogens is 505 g/mol. The second kappa shape index (κ2) is 11.4. The van der Waals surface area contributed by atoms with E-state index in [1.807, 2.05) is 13.8 Å². The molecule has 10 heteroatoms. The van der Waals surface area contributed by atoms with E-state index in [4.69, 9.17) is 9.47 Å². The Morgan fingerprint density at radius 3 is 3.03 bits per heavy atom. The summed E-state index contributed by atoms with van der Waals surface area (Å²) >= 11 is 1.36. The van der Waals surface area contributed by atoms with E-state index in [2.05, 4.69) is 25.5 Å². The van der Waals surface area contributed by atoms with Gasteiger partial charge in [-0.2, -0.15) is 0 Å². The van der Waals surface area contributed by atoms with Gasteiger partial charge < -0.3 is 20.1 Å². The molecule has 2 fully saturated rings. The second-order valence-electron chi connectivity index (χ2n) is 7.25. The molecule has 0 radical (unpaired) electrons. The fourth-order valence-corrected chi connectivity index (χ4v) is 4.63. The standard InChI is InChI=1S/C19H31N5O3S.HI/c1-5-26-18(25)16-12(2)22-17(28-16)13(3)23-19(20-4)21-9-15-10-24-8-6-7-14(24)11-27-15;/h13-15H,5-11H2,1-4H3,(H2,20,21,23);1H. The van der Waals surface area contributed by atoms with Crippen LogP contribution in [-0.2, 0) is 9.47 Å². The van der Waals surface area contributed by atoms with Gasteiger partial charge in [0.2, 0.25) is 0 Å². The first kappa shape index (κ1) is 24.3. The molecule has 0 spiro atoms. The molecule has 29 heavy (non-hydrogen) atoms. The van der Waals surface area contributed by atoms with Crippen molar-refractivity contribution >= 4 is 47.2 Å². The topological polar surface area (TPSA) is 88.1 Å². The van der Waals surface area contributed by atoms with Crippen LogP contribution < -0.4 is 10.6 Å². The molecule has 3 unspecified atom stereocenters. The summed E-state index contributed by atoms with van der Waals surface area (Å²) in [5.41, 5.74) is 0.700. The number of morpholine rings is 1. The normalized spacial score (nSPS) is 23.1. The Morgan fingerprint density at radius 2 is 2.31 bits per heavy atom. The molecule has 0 aliphatic carbocycles. The monoisotopic (exact) mass is 537 g/mol. The maximum absolute atomic E-state index is 12.0. The summed E-state index contributed by atoms with van der Waals surface area (Å²) in [5.74, 6) is 0.387. The predicted molar refractivity (Wildman–Crippen MR) is 125 cm³/mol. The number of thiazole rings is 1. The number of esters is 1. The maximum atomic E-state index is 12.0. The largest absolute Gasteiger partial charge is 0.462 e. The minimum atomic E-state index is -0.312. The lowest BCUT2D eigenvalue weighted by Gasteiger charge is -2.35. The highest BCUT2D eigenvalue weighted by atomic mass is 127. The molecule has 3 rings (SSSR count). The van der Waals surface area contributed by atoms with Crippen molar-refractivity contribution in [2.75, 3.05) is 39.9 Å². The highest BCUT2D eigenvalue weighted by molar-refractivity contribution is 14.0. The van der Waals surface area contributed by atoms with Crippen molar-refractivity contribution in [1.82, 2.24) is 20.5 Å². The molecule has 0 saturated carbocycles. The van der Waals surface area contributed by atoms with Crippen LogP contribution in [0, 0.1) is 6.92 Å². The minimum Gasteiger partial charge on any atom is -0.462 e. The van der Waals surface area contributed by atoms with Crippen LogP contribution in [0.25, 0.3) is 0 Å². The third kappa shape index (κ3) is 6.25. The van der Waals surface area contributed by atoms with Gasteiger partial charge in [-0.05, 0) is 40.2 Å². The number of aliphatic imine (C=N–C) groups is 1. The van der Waals surface area contributed by atoms with Crippen LogP contribution in [0.2, 0.25) is 0 Å². The Balaban J connectivity index is 0.00000300. The Labute approximate surface area is 193 Å². The molecule has 1 aromatic heterocycles. The van der Waals surface area contributed by atoms with Crippen LogP contribution in [0.4, 0.5) is 0 Å². The fraction of sp³-hybridized carbons (Fsp3) is 0.737. The summed E-state index contributed by atoms with van der Waals surface area (Å²) in [6, 6.07) is 0.531. The maximum Gasteiger partial charge on any atom is 0.350 e. The van der Waals surface area contributed by atoms with E-state index in [1.165, 1.54) is 30.7 Å². The third-order valence-electron chi connectivity index (χ3n) is 5.18. The van der Waals surface area contributed by atoms with Crippen molar-refractivity contribution in [2.45, 2.75) is 51.8 Å². The summed E-state index contributed by atoms with van der Waals surface area (Å²) in [4.78, 5) is 23.9. The number of nitrogens with one attached hydrogen (secondary N) is 2. The van der Waals surface area contributed by atoms with Crippen LogP contribution in [0.15, 0.2) is 4.99 Å². The number of guanidine groups is 1. The first-order chi connectivity index (χ1) is 13.5. The van der Waals surface area contributed by atoms with Gasteiger partial charge in [-0.15, -0.1) is 35.3 Å². The number of carbonyl (C=O) groups excluding carboxylic acids is 1. The van der Waals surface area contributed by atoms with Gasteiger partial charge in [0.15, 0.2) is 5.96 Å². The van der Waals surface area contributed by atoms with Crippen LogP contribution in [0.1, 0.15) is 53.1 Å². The minimum absolute atomic E-state index is 0. The van der Waals surface area contributed by atoms with Gasteiger partial charge >= 0.3 is 5.97 Å². The number of hydrogen-bond donors (Lipinski definition) is 2. The number of carbonyl (C=O) groups is 1. The van der Waals surface area contributed by atoms with Crippen molar-refractivity contribution in [2.24, 2.45) is 4.99 Å². The zero-order chi connectivity index (χ0) is 20.1. The lowest BCUT2D eigenvalue weighted by molar-refractivity contribution is -0.0453. The van der Waals surface area contributed by atoms with Gasteiger partial charge in [0.25, 0.3) is 0 Å². The molecule has 8 nitrogen and oxygen atoms in total. The van der Waals surface area contributed by atoms with Crippen molar-refractivity contribution in [1.29, 1.82) is 0 Å². The summed E-state index contributed by atoms with van der Waals surface area (Å²) in [7, 11) is 1.75. The molecule has 2 aliphatic heterocycles. The predicted octanol–water partition coefficient (Wildman–Crippen LogP) is 2.34. The van der Waals surface area contributed by atoms with E-state index in [-0.39, 0.29) is 42.1 Å². The SMILES string of the molecule is CCOC(=O)c1sc(C(C)NC(=NC)NCC2CN3CCCC3CO2)nc1C.I. The molecule has 1 aromatic rings. The molecule has 2 N–H and O–H groups in total. The van der Waals surface area contributed by atoms with E-state index < -0.39 is 0 Å². The number of rotatable bonds is 6. The molecule has 0 amide bonds. The highest BCUT2D eigenvalue weighted by Gasteiger charge is 2.32. The molecule has 3 heterocycles. The Kier molecular flexibility index (Phi) is 9.57. The lowest BCUT2D eigenvalue weighted by Crippen LogP contribution is -2.51. The van der Waals surface area contributed by atoms with Gasteiger partial charge in [0.1, 0.15) is 9.88 Å². The highest BCUT2D eigenvalue weighted by Crippen LogP contribution is 2.24. The molecule has 0 bridgehead atoms. The second-order valence-corrected chi connectivity index (χ2v) is 8.28. The average molecular weight is 537 g/mol. The van der Waals surface area contributed by atoms with E-state index in [9.17, 15) is 4.79 Å². The number of nitrogens with zero attached hydrogens (tertiary/aromatic N) is 3. The average Bonchev–Trinajstić information content (AvgIpc) is 3.31.